The van der Waals surface area contributed by atoms with Crippen LogP contribution in [0.15, 0.2) is 0 Å². The van der Waals surface area contributed by atoms with Crippen molar-refractivity contribution >= 4 is 11.8 Å². The predicted molar refractivity (Wildman–Crippen MR) is 80.4 cm³/mol. The maximum absolute atomic E-state index is 12.1. The van der Waals surface area contributed by atoms with Crippen LogP contribution in [0.3, 0.4) is 0 Å². The van der Waals surface area contributed by atoms with Gasteiger partial charge in [-0.1, -0.05) is 26.7 Å². The van der Waals surface area contributed by atoms with E-state index in [0.717, 1.165) is 25.9 Å². The summed E-state index contributed by atoms with van der Waals surface area (Å²) in [5.74, 6) is 0.502. The number of carbonyl (C=O) groups is 2. The Hall–Kier alpha value is -1.10. The summed E-state index contributed by atoms with van der Waals surface area (Å²) in [5.41, 5.74) is 0. The van der Waals surface area contributed by atoms with Gasteiger partial charge in [-0.3, -0.25) is 14.9 Å². The smallest absolute Gasteiger partial charge is 0.236 e. The van der Waals surface area contributed by atoms with Gasteiger partial charge in [0, 0.05) is 19.6 Å². The number of hydrogen-bond donors (Lipinski definition) is 2. The molecule has 0 saturated carbocycles. The minimum atomic E-state index is -0.329. The highest BCUT2D eigenvalue weighted by molar-refractivity contribution is 5.83. The molecule has 1 heterocycles. The first-order valence-corrected chi connectivity index (χ1v) is 7.79. The van der Waals surface area contributed by atoms with Gasteiger partial charge in [0.15, 0.2) is 0 Å². The Balaban J connectivity index is 2.26. The monoisotopic (exact) mass is 283 g/mol. The number of likely N-dealkylation sites (tertiary alicyclic amines) is 1. The number of carbonyl (C=O) groups excluding carboxylic acids is 2. The van der Waals surface area contributed by atoms with Crippen LogP contribution in [0.4, 0.5) is 0 Å². The fourth-order valence-corrected chi connectivity index (χ4v) is 2.22. The SMILES string of the molecule is CC(C)CNC(=O)C(C)NCC(=O)N1CCCCCC1. The third-order valence-corrected chi connectivity index (χ3v) is 3.60. The number of hydrogen-bond acceptors (Lipinski definition) is 3. The van der Waals surface area contributed by atoms with Crippen LogP contribution in [0, 0.1) is 5.92 Å². The van der Waals surface area contributed by atoms with Gasteiger partial charge < -0.3 is 10.2 Å². The van der Waals surface area contributed by atoms with E-state index in [0.29, 0.717) is 12.5 Å². The van der Waals surface area contributed by atoms with E-state index in [1.54, 1.807) is 6.92 Å². The zero-order valence-corrected chi connectivity index (χ0v) is 13.1. The Morgan fingerprint density at radius 2 is 1.65 bits per heavy atom. The molecule has 1 fully saturated rings. The summed E-state index contributed by atoms with van der Waals surface area (Å²) in [5, 5.41) is 5.89. The van der Waals surface area contributed by atoms with Gasteiger partial charge in [-0.15, -0.1) is 0 Å². The lowest BCUT2D eigenvalue weighted by Gasteiger charge is -2.22. The van der Waals surface area contributed by atoms with Crippen LogP contribution in [-0.2, 0) is 9.59 Å². The number of amides is 2. The summed E-state index contributed by atoms with van der Waals surface area (Å²) in [6.07, 6.45) is 4.61. The van der Waals surface area contributed by atoms with Gasteiger partial charge in [0.25, 0.3) is 0 Å². The maximum atomic E-state index is 12.1. The summed E-state index contributed by atoms with van der Waals surface area (Å²) >= 11 is 0. The first-order valence-electron chi connectivity index (χ1n) is 7.79. The van der Waals surface area contributed by atoms with Gasteiger partial charge in [0.05, 0.1) is 12.6 Å². The highest BCUT2D eigenvalue weighted by Gasteiger charge is 2.18. The molecule has 0 aromatic heterocycles. The van der Waals surface area contributed by atoms with Gasteiger partial charge in [-0.25, -0.2) is 0 Å². The van der Waals surface area contributed by atoms with Crippen molar-refractivity contribution in [3.63, 3.8) is 0 Å². The molecule has 2 amide bonds. The molecule has 0 aromatic rings. The number of rotatable bonds is 6. The lowest BCUT2D eigenvalue weighted by Crippen LogP contribution is -2.47. The fraction of sp³-hybridized carbons (Fsp3) is 0.867. The summed E-state index contributed by atoms with van der Waals surface area (Å²) in [6, 6.07) is -0.329. The first-order chi connectivity index (χ1) is 9.50. The minimum Gasteiger partial charge on any atom is -0.354 e. The van der Waals surface area contributed by atoms with Crippen molar-refractivity contribution in [3.05, 3.63) is 0 Å². The third kappa shape index (κ3) is 6.37. The van der Waals surface area contributed by atoms with Crippen molar-refractivity contribution in [1.29, 1.82) is 0 Å². The Morgan fingerprint density at radius 1 is 1.05 bits per heavy atom. The average molecular weight is 283 g/mol. The molecule has 0 radical (unpaired) electrons. The highest BCUT2D eigenvalue weighted by atomic mass is 16.2. The molecule has 5 heteroatoms. The molecule has 1 unspecified atom stereocenters. The van der Waals surface area contributed by atoms with E-state index in [1.165, 1.54) is 12.8 Å². The lowest BCUT2D eigenvalue weighted by atomic mass is 10.2. The zero-order valence-electron chi connectivity index (χ0n) is 13.1. The molecule has 0 bridgehead atoms. The summed E-state index contributed by atoms with van der Waals surface area (Å²) in [7, 11) is 0. The molecule has 1 aliphatic rings. The fourth-order valence-electron chi connectivity index (χ4n) is 2.22. The van der Waals surface area contributed by atoms with E-state index in [4.69, 9.17) is 0 Å². The van der Waals surface area contributed by atoms with Gasteiger partial charge in [-0.2, -0.15) is 0 Å². The Bertz CT molecular complexity index is 310. The molecule has 5 nitrogen and oxygen atoms in total. The molecular formula is C15H29N3O2. The average Bonchev–Trinajstić information content (AvgIpc) is 2.70. The van der Waals surface area contributed by atoms with Crippen LogP contribution in [0.2, 0.25) is 0 Å². The van der Waals surface area contributed by atoms with Crippen molar-refractivity contribution < 1.29 is 9.59 Å². The number of nitrogens with one attached hydrogen (secondary N) is 2. The highest BCUT2D eigenvalue weighted by Crippen LogP contribution is 2.09. The quantitative estimate of drug-likeness (QED) is 0.768. The van der Waals surface area contributed by atoms with Gasteiger partial charge in [0.2, 0.25) is 11.8 Å². The molecule has 20 heavy (non-hydrogen) atoms. The molecule has 1 saturated heterocycles. The molecule has 1 rings (SSSR count). The molecular weight excluding hydrogens is 254 g/mol. The second kappa shape index (κ2) is 8.95. The van der Waals surface area contributed by atoms with Gasteiger partial charge in [-0.05, 0) is 25.7 Å². The topological polar surface area (TPSA) is 61.4 Å². The van der Waals surface area contributed by atoms with E-state index in [1.807, 2.05) is 4.90 Å². The largest absolute Gasteiger partial charge is 0.354 e. The molecule has 0 aromatic carbocycles. The van der Waals surface area contributed by atoms with Crippen LogP contribution in [0.5, 0.6) is 0 Å². The van der Waals surface area contributed by atoms with Crippen molar-refractivity contribution in [3.8, 4) is 0 Å². The molecule has 0 spiro atoms. The minimum absolute atomic E-state index is 0.0395. The second-order valence-corrected chi connectivity index (χ2v) is 6.04. The molecule has 0 aliphatic carbocycles. The van der Waals surface area contributed by atoms with Gasteiger partial charge >= 0.3 is 0 Å². The van der Waals surface area contributed by atoms with E-state index < -0.39 is 0 Å². The predicted octanol–water partition coefficient (Wildman–Crippen LogP) is 1.14. The van der Waals surface area contributed by atoms with Crippen molar-refractivity contribution in [2.24, 2.45) is 5.92 Å². The lowest BCUT2D eigenvalue weighted by molar-refractivity contribution is -0.130. The number of nitrogens with zero attached hydrogens (tertiary/aromatic N) is 1. The molecule has 116 valence electrons. The zero-order chi connectivity index (χ0) is 15.0. The molecule has 1 atom stereocenters. The van der Waals surface area contributed by atoms with Crippen molar-refractivity contribution in [1.82, 2.24) is 15.5 Å². The maximum Gasteiger partial charge on any atom is 0.236 e. The van der Waals surface area contributed by atoms with E-state index in [2.05, 4.69) is 24.5 Å². The molecule has 1 aliphatic heterocycles. The summed E-state index contributed by atoms with van der Waals surface area (Å²) in [6.45, 7) is 8.54. The van der Waals surface area contributed by atoms with Crippen LogP contribution in [0.1, 0.15) is 46.5 Å². The molecule has 2 N–H and O–H groups in total. The van der Waals surface area contributed by atoms with Crippen molar-refractivity contribution in [2.45, 2.75) is 52.5 Å². The standard InChI is InChI=1S/C15H29N3O2/c1-12(2)10-17-15(20)13(3)16-11-14(19)18-8-6-4-5-7-9-18/h12-13,16H,4-11H2,1-3H3,(H,17,20). The Kier molecular flexibility index (Phi) is 7.59. The van der Waals surface area contributed by atoms with E-state index >= 15 is 0 Å². The van der Waals surface area contributed by atoms with Crippen LogP contribution in [0.25, 0.3) is 0 Å². The van der Waals surface area contributed by atoms with Gasteiger partial charge in [0.1, 0.15) is 0 Å². The van der Waals surface area contributed by atoms with Crippen LogP contribution < -0.4 is 10.6 Å². The summed E-state index contributed by atoms with van der Waals surface area (Å²) in [4.78, 5) is 25.8. The Labute approximate surface area is 122 Å². The van der Waals surface area contributed by atoms with Crippen molar-refractivity contribution in [2.75, 3.05) is 26.2 Å². The van der Waals surface area contributed by atoms with E-state index in [-0.39, 0.29) is 24.4 Å². The normalized spacial score (nSPS) is 17.7. The van der Waals surface area contributed by atoms with Crippen LogP contribution in [-0.4, -0.2) is 48.9 Å². The first kappa shape index (κ1) is 17.0. The summed E-state index contributed by atoms with van der Waals surface area (Å²) < 4.78 is 0. The van der Waals surface area contributed by atoms with E-state index in [9.17, 15) is 9.59 Å². The Morgan fingerprint density at radius 3 is 2.20 bits per heavy atom. The second-order valence-electron chi connectivity index (χ2n) is 6.04. The third-order valence-electron chi connectivity index (χ3n) is 3.60. The van der Waals surface area contributed by atoms with Crippen LogP contribution >= 0.6 is 0 Å².